The molecule has 2 fully saturated rings. The van der Waals surface area contributed by atoms with Crippen LogP contribution in [0.15, 0.2) is 0 Å². The minimum Gasteiger partial charge on any atom is -0.316 e. The molecule has 2 atom stereocenters. The third-order valence-corrected chi connectivity index (χ3v) is 5.40. The normalized spacial score (nSPS) is 27.9. The van der Waals surface area contributed by atoms with E-state index in [9.17, 15) is 8.42 Å². The third kappa shape index (κ3) is 4.56. The Morgan fingerprint density at radius 1 is 1.35 bits per heavy atom. The van der Waals surface area contributed by atoms with Gasteiger partial charge in [-0.05, 0) is 51.1 Å². The first-order chi connectivity index (χ1) is 8.07. The first-order valence-electron chi connectivity index (χ1n) is 6.77. The molecule has 0 aromatic heterocycles. The second kappa shape index (κ2) is 5.67. The molecule has 100 valence electrons. The summed E-state index contributed by atoms with van der Waals surface area (Å²) in [7, 11) is -3.06. The van der Waals surface area contributed by atoms with Gasteiger partial charge in [-0.2, -0.15) is 0 Å². The van der Waals surface area contributed by atoms with Crippen molar-refractivity contribution in [3.05, 3.63) is 0 Å². The summed E-state index contributed by atoms with van der Waals surface area (Å²) in [5.41, 5.74) is 0. The lowest BCUT2D eigenvalue weighted by atomic mass is 9.94. The van der Waals surface area contributed by atoms with Gasteiger partial charge in [-0.3, -0.25) is 0 Å². The molecule has 5 heteroatoms. The van der Waals surface area contributed by atoms with E-state index in [4.69, 9.17) is 0 Å². The fourth-order valence-corrected chi connectivity index (χ4v) is 3.99. The van der Waals surface area contributed by atoms with Gasteiger partial charge in [0, 0.05) is 6.04 Å². The fraction of sp³-hybridized carbons (Fsp3) is 1.00. The Balaban J connectivity index is 1.76. The molecular weight excluding hydrogens is 236 g/mol. The molecule has 2 unspecified atom stereocenters. The zero-order valence-electron chi connectivity index (χ0n) is 10.6. The van der Waals surface area contributed by atoms with Crippen molar-refractivity contribution in [2.45, 2.75) is 45.1 Å². The minimum absolute atomic E-state index is 0.0620. The average Bonchev–Trinajstić information content (AvgIpc) is 3.11. The predicted molar refractivity (Wildman–Crippen MR) is 69.3 cm³/mol. The molecule has 2 N–H and O–H groups in total. The van der Waals surface area contributed by atoms with Crippen LogP contribution in [0.3, 0.4) is 0 Å². The summed E-state index contributed by atoms with van der Waals surface area (Å²) in [6, 6.07) is 0.0620. The van der Waals surface area contributed by atoms with E-state index in [0.29, 0.717) is 17.6 Å². The first kappa shape index (κ1) is 13.3. The van der Waals surface area contributed by atoms with Crippen LogP contribution in [0.2, 0.25) is 0 Å². The van der Waals surface area contributed by atoms with Crippen molar-refractivity contribution in [1.29, 1.82) is 0 Å². The standard InChI is InChI=1S/C12H24N2O2S/c1-10(12-3-2-7-13-9-12)14-17(15,16)8-6-11-4-5-11/h10-14H,2-9H2,1H3. The van der Waals surface area contributed by atoms with E-state index in [1.807, 2.05) is 6.92 Å². The highest BCUT2D eigenvalue weighted by atomic mass is 32.2. The average molecular weight is 260 g/mol. The predicted octanol–water partition coefficient (Wildman–Crippen LogP) is 1.09. The Bertz CT molecular complexity index is 332. The summed E-state index contributed by atoms with van der Waals surface area (Å²) < 4.78 is 26.6. The molecule has 0 spiro atoms. The van der Waals surface area contributed by atoms with Gasteiger partial charge in [0.25, 0.3) is 0 Å². The van der Waals surface area contributed by atoms with E-state index in [1.54, 1.807) is 0 Å². The van der Waals surface area contributed by atoms with Crippen LogP contribution in [0, 0.1) is 11.8 Å². The monoisotopic (exact) mass is 260 g/mol. The molecule has 17 heavy (non-hydrogen) atoms. The van der Waals surface area contributed by atoms with E-state index >= 15 is 0 Å². The molecule has 0 amide bonds. The molecule has 4 nitrogen and oxygen atoms in total. The van der Waals surface area contributed by atoms with E-state index in [0.717, 1.165) is 32.4 Å². The molecule has 1 heterocycles. The zero-order valence-corrected chi connectivity index (χ0v) is 11.4. The topological polar surface area (TPSA) is 58.2 Å². The van der Waals surface area contributed by atoms with Gasteiger partial charge in [0.15, 0.2) is 0 Å². The van der Waals surface area contributed by atoms with Crippen molar-refractivity contribution in [1.82, 2.24) is 10.0 Å². The number of piperidine rings is 1. The number of hydrogen-bond donors (Lipinski definition) is 2. The van der Waals surface area contributed by atoms with Gasteiger partial charge in [0.2, 0.25) is 10.0 Å². The first-order valence-corrected chi connectivity index (χ1v) is 8.43. The smallest absolute Gasteiger partial charge is 0.211 e. The molecule has 2 rings (SSSR count). The highest BCUT2D eigenvalue weighted by Gasteiger charge is 2.27. The van der Waals surface area contributed by atoms with E-state index in [2.05, 4.69) is 10.0 Å². The quantitative estimate of drug-likeness (QED) is 0.752. The molecule has 1 aliphatic heterocycles. The lowest BCUT2D eigenvalue weighted by Crippen LogP contribution is -2.45. The molecule has 1 saturated carbocycles. The molecule has 2 aliphatic rings. The summed E-state index contributed by atoms with van der Waals surface area (Å²) >= 11 is 0. The molecule has 1 saturated heterocycles. The highest BCUT2D eigenvalue weighted by molar-refractivity contribution is 7.89. The maximum atomic E-state index is 11.9. The molecule has 0 aromatic rings. The summed E-state index contributed by atoms with van der Waals surface area (Å²) in [5.74, 6) is 1.43. The van der Waals surface area contributed by atoms with Crippen molar-refractivity contribution in [2.24, 2.45) is 11.8 Å². The van der Waals surface area contributed by atoms with Gasteiger partial charge >= 0.3 is 0 Å². The van der Waals surface area contributed by atoms with Gasteiger partial charge in [0.1, 0.15) is 0 Å². The lowest BCUT2D eigenvalue weighted by molar-refractivity contribution is 0.320. The van der Waals surface area contributed by atoms with Crippen molar-refractivity contribution < 1.29 is 8.42 Å². The van der Waals surface area contributed by atoms with Gasteiger partial charge in [0.05, 0.1) is 5.75 Å². The molecule has 1 aliphatic carbocycles. The Morgan fingerprint density at radius 2 is 2.12 bits per heavy atom. The molecule has 0 bridgehead atoms. The molecule has 0 radical (unpaired) electrons. The van der Waals surface area contributed by atoms with Crippen molar-refractivity contribution in [3.8, 4) is 0 Å². The maximum Gasteiger partial charge on any atom is 0.211 e. The SMILES string of the molecule is CC(NS(=O)(=O)CCC1CC1)C1CCCNC1. The van der Waals surface area contributed by atoms with Gasteiger partial charge in [-0.1, -0.05) is 12.8 Å². The zero-order chi connectivity index (χ0) is 12.3. The third-order valence-electron chi connectivity index (χ3n) is 3.90. The van der Waals surface area contributed by atoms with Gasteiger partial charge in [-0.15, -0.1) is 0 Å². The second-order valence-electron chi connectivity index (χ2n) is 5.56. The van der Waals surface area contributed by atoms with Crippen molar-refractivity contribution in [2.75, 3.05) is 18.8 Å². The van der Waals surface area contributed by atoms with Crippen LogP contribution in [0.5, 0.6) is 0 Å². The summed E-state index contributed by atoms with van der Waals surface area (Å²) in [4.78, 5) is 0. The number of rotatable bonds is 6. The van der Waals surface area contributed by atoms with Crippen LogP contribution in [-0.4, -0.2) is 33.3 Å². The van der Waals surface area contributed by atoms with E-state index in [-0.39, 0.29) is 6.04 Å². The Morgan fingerprint density at radius 3 is 2.71 bits per heavy atom. The van der Waals surface area contributed by atoms with Gasteiger partial charge in [-0.25, -0.2) is 13.1 Å². The Kier molecular flexibility index (Phi) is 4.44. The summed E-state index contributed by atoms with van der Waals surface area (Å²) in [6.45, 7) is 4.00. The fourth-order valence-electron chi connectivity index (χ4n) is 2.47. The largest absolute Gasteiger partial charge is 0.316 e. The summed E-state index contributed by atoms with van der Waals surface area (Å²) in [5, 5.41) is 3.33. The van der Waals surface area contributed by atoms with Crippen molar-refractivity contribution >= 4 is 10.0 Å². The Labute approximate surface area is 105 Å². The van der Waals surface area contributed by atoms with E-state index in [1.165, 1.54) is 12.8 Å². The lowest BCUT2D eigenvalue weighted by Gasteiger charge is -2.28. The number of nitrogens with one attached hydrogen (secondary N) is 2. The second-order valence-corrected chi connectivity index (χ2v) is 7.44. The molecule has 0 aromatic carbocycles. The van der Waals surface area contributed by atoms with Crippen LogP contribution in [-0.2, 0) is 10.0 Å². The van der Waals surface area contributed by atoms with E-state index < -0.39 is 10.0 Å². The minimum atomic E-state index is -3.06. The van der Waals surface area contributed by atoms with Gasteiger partial charge < -0.3 is 5.32 Å². The van der Waals surface area contributed by atoms with Crippen LogP contribution in [0.4, 0.5) is 0 Å². The van der Waals surface area contributed by atoms with Crippen LogP contribution < -0.4 is 10.0 Å². The maximum absolute atomic E-state index is 11.9. The highest BCUT2D eigenvalue weighted by Crippen LogP contribution is 2.32. The molecular formula is C12H24N2O2S. The number of sulfonamides is 1. The van der Waals surface area contributed by atoms with Crippen LogP contribution >= 0.6 is 0 Å². The van der Waals surface area contributed by atoms with Crippen LogP contribution in [0.25, 0.3) is 0 Å². The van der Waals surface area contributed by atoms with Crippen LogP contribution in [0.1, 0.15) is 39.0 Å². The summed E-state index contributed by atoms with van der Waals surface area (Å²) in [6.07, 6.45) is 5.55. The van der Waals surface area contributed by atoms with Crippen molar-refractivity contribution in [3.63, 3.8) is 0 Å². The number of hydrogen-bond acceptors (Lipinski definition) is 3. The Hall–Kier alpha value is -0.130.